The van der Waals surface area contributed by atoms with Crippen LogP contribution in [0, 0.1) is 0 Å². The zero-order chi connectivity index (χ0) is 14.1. The first-order valence-electron chi connectivity index (χ1n) is 6.82. The van der Waals surface area contributed by atoms with Gasteiger partial charge >= 0.3 is 0 Å². The van der Waals surface area contributed by atoms with Crippen LogP contribution in [0.4, 0.5) is 11.4 Å². The van der Waals surface area contributed by atoms with Crippen LogP contribution in [-0.4, -0.2) is 24.2 Å². The van der Waals surface area contributed by atoms with Crippen LogP contribution in [0.25, 0.3) is 10.9 Å². The molecule has 4 nitrogen and oxygen atoms in total. The lowest BCUT2D eigenvalue weighted by Gasteiger charge is -2.21. The molecule has 1 saturated carbocycles. The summed E-state index contributed by atoms with van der Waals surface area (Å²) in [5.74, 6) is 0. The molecule has 5 heteroatoms. The Morgan fingerprint density at radius 1 is 1.40 bits per heavy atom. The maximum atomic E-state index is 6.04. The molecule has 2 aromatic rings. The zero-order valence-electron chi connectivity index (χ0n) is 11.4. The van der Waals surface area contributed by atoms with Gasteiger partial charge in [-0.05, 0) is 53.4 Å². The maximum Gasteiger partial charge on any atom is 0.0954 e. The summed E-state index contributed by atoms with van der Waals surface area (Å²) in [7, 11) is 1.78. The number of benzene rings is 1. The highest BCUT2D eigenvalue weighted by atomic mass is 79.9. The van der Waals surface area contributed by atoms with Crippen molar-refractivity contribution in [2.24, 2.45) is 0 Å². The number of anilines is 2. The number of nitrogens with two attached hydrogens (primary N) is 1. The predicted molar refractivity (Wildman–Crippen MR) is 85.9 cm³/mol. The van der Waals surface area contributed by atoms with Gasteiger partial charge in [-0.2, -0.15) is 0 Å². The van der Waals surface area contributed by atoms with Crippen molar-refractivity contribution in [1.82, 2.24) is 4.98 Å². The summed E-state index contributed by atoms with van der Waals surface area (Å²) in [6.45, 7) is 0. The van der Waals surface area contributed by atoms with Gasteiger partial charge in [-0.3, -0.25) is 4.98 Å². The molecule has 0 spiro atoms. The average Bonchev–Trinajstić information content (AvgIpc) is 2.89. The van der Waals surface area contributed by atoms with Crippen LogP contribution in [0.3, 0.4) is 0 Å². The number of halogens is 1. The maximum absolute atomic E-state index is 6.04. The molecule has 20 heavy (non-hydrogen) atoms. The highest BCUT2D eigenvalue weighted by Crippen LogP contribution is 2.32. The number of ether oxygens (including phenoxy) is 1. The summed E-state index contributed by atoms with van der Waals surface area (Å²) in [4.78, 5) is 4.50. The number of methoxy groups -OCH3 is 1. The Bertz CT molecular complexity index is 632. The molecule has 0 aliphatic heterocycles. The average molecular weight is 336 g/mol. The molecule has 106 valence electrons. The third-order valence-electron chi connectivity index (χ3n) is 3.95. The van der Waals surface area contributed by atoms with E-state index in [0.717, 1.165) is 39.6 Å². The molecule has 1 fully saturated rings. The van der Waals surface area contributed by atoms with E-state index in [-0.39, 0.29) is 6.10 Å². The number of fused-ring (bicyclic) bond motifs is 1. The summed E-state index contributed by atoms with van der Waals surface area (Å²) < 4.78 is 6.47. The van der Waals surface area contributed by atoms with Crippen molar-refractivity contribution in [1.29, 1.82) is 0 Å². The second-order valence-electron chi connectivity index (χ2n) is 5.21. The second-order valence-corrected chi connectivity index (χ2v) is 6.12. The fourth-order valence-corrected chi connectivity index (χ4v) is 3.24. The molecule has 3 N–H and O–H groups in total. The van der Waals surface area contributed by atoms with Crippen LogP contribution in [0.1, 0.15) is 19.3 Å². The summed E-state index contributed by atoms with van der Waals surface area (Å²) in [5.41, 5.74) is 8.72. The smallest absolute Gasteiger partial charge is 0.0954 e. The molecule has 0 radical (unpaired) electrons. The number of pyridine rings is 1. The first-order valence-corrected chi connectivity index (χ1v) is 7.61. The van der Waals surface area contributed by atoms with E-state index in [1.807, 2.05) is 18.2 Å². The Hall–Kier alpha value is -1.33. The monoisotopic (exact) mass is 335 g/mol. The minimum atomic E-state index is 0.276. The van der Waals surface area contributed by atoms with Crippen LogP contribution < -0.4 is 11.1 Å². The van der Waals surface area contributed by atoms with Crippen molar-refractivity contribution in [2.75, 3.05) is 18.2 Å². The summed E-state index contributed by atoms with van der Waals surface area (Å²) in [5, 5.41) is 4.54. The van der Waals surface area contributed by atoms with Crippen LogP contribution in [0.15, 0.2) is 28.9 Å². The number of rotatable bonds is 3. The van der Waals surface area contributed by atoms with Crippen LogP contribution in [0.5, 0.6) is 0 Å². The van der Waals surface area contributed by atoms with Gasteiger partial charge in [0.25, 0.3) is 0 Å². The molecule has 0 saturated heterocycles. The van der Waals surface area contributed by atoms with Crippen LogP contribution in [-0.2, 0) is 4.74 Å². The van der Waals surface area contributed by atoms with Gasteiger partial charge in [0.2, 0.25) is 0 Å². The van der Waals surface area contributed by atoms with E-state index in [4.69, 9.17) is 10.5 Å². The molecule has 1 aromatic heterocycles. The molecule has 0 amide bonds. The molecule has 2 atom stereocenters. The number of nitrogens with one attached hydrogen (secondary N) is 1. The Morgan fingerprint density at radius 3 is 3.05 bits per heavy atom. The quantitative estimate of drug-likeness (QED) is 0.842. The van der Waals surface area contributed by atoms with E-state index < -0.39 is 0 Å². The Balaban J connectivity index is 1.98. The van der Waals surface area contributed by atoms with Gasteiger partial charge in [0.05, 0.1) is 23.3 Å². The Labute approximate surface area is 126 Å². The minimum absolute atomic E-state index is 0.276. The van der Waals surface area contributed by atoms with Gasteiger partial charge in [0.15, 0.2) is 0 Å². The van der Waals surface area contributed by atoms with Gasteiger partial charge < -0.3 is 15.8 Å². The number of aromatic nitrogens is 1. The van der Waals surface area contributed by atoms with E-state index in [2.05, 4.69) is 26.2 Å². The number of nitrogens with zero attached hydrogens (tertiary/aromatic N) is 1. The van der Waals surface area contributed by atoms with E-state index in [9.17, 15) is 0 Å². The third-order valence-corrected chi connectivity index (χ3v) is 4.38. The lowest BCUT2D eigenvalue weighted by molar-refractivity contribution is 0.101. The minimum Gasteiger partial charge on any atom is -0.398 e. The predicted octanol–water partition coefficient (Wildman–Crippen LogP) is 3.56. The van der Waals surface area contributed by atoms with Gasteiger partial charge in [-0.15, -0.1) is 0 Å². The number of hydrogen-bond acceptors (Lipinski definition) is 4. The third kappa shape index (κ3) is 2.47. The van der Waals surface area contributed by atoms with Crippen molar-refractivity contribution >= 4 is 38.2 Å². The first-order chi connectivity index (χ1) is 9.69. The van der Waals surface area contributed by atoms with Crippen molar-refractivity contribution < 1.29 is 4.74 Å². The lowest BCUT2D eigenvalue weighted by Crippen LogP contribution is -2.29. The lowest BCUT2D eigenvalue weighted by atomic mass is 10.1. The SMILES string of the molecule is COC1CCCC1Nc1ccc(N)c2cc(Br)cnc12. The van der Waals surface area contributed by atoms with Crippen molar-refractivity contribution in [3.63, 3.8) is 0 Å². The van der Waals surface area contributed by atoms with E-state index >= 15 is 0 Å². The summed E-state index contributed by atoms with van der Waals surface area (Å²) in [6, 6.07) is 6.28. The first kappa shape index (κ1) is 13.6. The number of nitrogen functional groups attached to an aromatic ring is 1. The van der Waals surface area contributed by atoms with E-state index in [1.165, 1.54) is 6.42 Å². The molecule has 1 aliphatic carbocycles. The van der Waals surface area contributed by atoms with Gasteiger partial charge in [-0.25, -0.2) is 0 Å². The molecule has 1 aliphatic rings. The highest BCUT2D eigenvalue weighted by molar-refractivity contribution is 9.10. The van der Waals surface area contributed by atoms with Gasteiger partial charge in [0, 0.05) is 28.9 Å². The number of hydrogen-bond donors (Lipinski definition) is 2. The summed E-state index contributed by atoms with van der Waals surface area (Å²) >= 11 is 3.44. The van der Waals surface area contributed by atoms with Crippen LogP contribution >= 0.6 is 15.9 Å². The second kappa shape index (κ2) is 5.58. The van der Waals surface area contributed by atoms with Gasteiger partial charge in [0.1, 0.15) is 0 Å². The fraction of sp³-hybridized carbons (Fsp3) is 0.400. The van der Waals surface area contributed by atoms with Gasteiger partial charge in [-0.1, -0.05) is 0 Å². The normalized spacial score (nSPS) is 22.3. The van der Waals surface area contributed by atoms with Crippen molar-refractivity contribution in [3.05, 3.63) is 28.9 Å². The molecular formula is C15H18BrN3O. The summed E-state index contributed by atoms with van der Waals surface area (Å²) in [6.07, 6.45) is 5.51. The molecule has 0 bridgehead atoms. The molecule has 3 rings (SSSR count). The van der Waals surface area contributed by atoms with E-state index in [0.29, 0.717) is 6.04 Å². The van der Waals surface area contributed by atoms with Crippen molar-refractivity contribution in [3.8, 4) is 0 Å². The Morgan fingerprint density at radius 2 is 2.25 bits per heavy atom. The Kier molecular flexibility index (Phi) is 3.81. The molecule has 1 aromatic carbocycles. The molecular weight excluding hydrogens is 318 g/mol. The molecule has 1 heterocycles. The largest absolute Gasteiger partial charge is 0.398 e. The topological polar surface area (TPSA) is 60.2 Å². The van der Waals surface area contributed by atoms with Crippen LogP contribution in [0.2, 0.25) is 0 Å². The highest BCUT2D eigenvalue weighted by Gasteiger charge is 2.27. The van der Waals surface area contributed by atoms with E-state index in [1.54, 1.807) is 13.3 Å². The zero-order valence-corrected chi connectivity index (χ0v) is 13.0. The van der Waals surface area contributed by atoms with Crippen molar-refractivity contribution in [2.45, 2.75) is 31.4 Å². The standard InChI is InChI=1S/C15H18BrN3O/c1-20-14-4-2-3-12(14)19-13-6-5-11(17)10-7-9(16)8-18-15(10)13/h5-8,12,14,19H,2-4,17H2,1H3. The fourth-order valence-electron chi connectivity index (χ4n) is 2.91. The molecule has 2 unspecified atom stereocenters.